The van der Waals surface area contributed by atoms with Crippen molar-refractivity contribution in [3.8, 4) is 0 Å². The SMILES string of the molecule is CCC(C)C(O)CNC(=O)C1CCCO1. The van der Waals surface area contributed by atoms with Crippen LogP contribution in [0.4, 0.5) is 0 Å². The van der Waals surface area contributed by atoms with Gasteiger partial charge in [0.25, 0.3) is 0 Å². The van der Waals surface area contributed by atoms with Gasteiger partial charge in [0.05, 0.1) is 6.10 Å². The van der Waals surface area contributed by atoms with Gasteiger partial charge in [-0.1, -0.05) is 20.3 Å². The summed E-state index contributed by atoms with van der Waals surface area (Å²) in [5, 5.41) is 12.4. The number of carbonyl (C=O) groups excluding carboxylic acids is 1. The van der Waals surface area contributed by atoms with Crippen LogP contribution < -0.4 is 5.32 Å². The van der Waals surface area contributed by atoms with E-state index in [1.807, 2.05) is 13.8 Å². The third kappa shape index (κ3) is 3.80. The molecular formula is C11H21NO3. The Kier molecular flexibility index (Phi) is 5.05. The molecule has 0 aromatic rings. The molecule has 4 heteroatoms. The minimum Gasteiger partial charge on any atom is -0.391 e. The Morgan fingerprint density at radius 1 is 1.67 bits per heavy atom. The van der Waals surface area contributed by atoms with Crippen LogP contribution in [0.1, 0.15) is 33.1 Å². The molecule has 0 radical (unpaired) electrons. The van der Waals surface area contributed by atoms with Gasteiger partial charge < -0.3 is 15.2 Å². The highest BCUT2D eigenvalue weighted by Crippen LogP contribution is 2.12. The molecule has 88 valence electrons. The lowest BCUT2D eigenvalue weighted by molar-refractivity contribution is -0.130. The van der Waals surface area contributed by atoms with E-state index in [0.717, 1.165) is 19.3 Å². The molecule has 1 heterocycles. The second kappa shape index (κ2) is 6.08. The molecule has 3 atom stereocenters. The third-order valence-corrected chi connectivity index (χ3v) is 3.01. The highest BCUT2D eigenvalue weighted by Gasteiger charge is 2.24. The fourth-order valence-corrected chi connectivity index (χ4v) is 1.58. The first-order chi connectivity index (χ1) is 7.15. The number of hydrogen-bond donors (Lipinski definition) is 2. The zero-order chi connectivity index (χ0) is 11.3. The van der Waals surface area contributed by atoms with Gasteiger partial charge in [-0.25, -0.2) is 0 Å². The van der Waals surface area contributed by atoms with E-state index >= 15 is 0 Å². The Bertz CT molecular complexity index is 202. The first-order valence-corrected chi connectivity index (χ1v) is 5.72. The van der Waals surface area contributed by atoms with Crippen molar-refractivity contribution in [1.29, 1.82) is 0 Å². The van der Waals surface area contributed by atoms with Crippen molar-refractivity contribution in [2.75, 3.05) is 13.2 Å². The molecule has 0 aromatic carbocycles. The van der Waals surface area contributed by atoms with E-state index in [2.05, 4.69) is 5.32 Å². The van der Waals surface area contributed by atoms with Crippen LogP contribution in [0.2, 0.25) is 0 Å². The first-order valence-electron chi connectivity index (χ1n) is 5.72. The summed E-state index contributed by atoms with van der Waals surface area (Å²) in [4.78, 5) is 11.5. The van der Waals surface area contributed by atoms with Crippen molar-refractivity contribution >= 4 is 5.91 Å². The van der Waals surface area contributed by atoms with Gasteiger partial charge in [-0.2, -0.15) is 0 Å². The molecule has 0 aromatic heterocycles. The molecule has 4 nitrogen and oxygen atoms in total. The van der Waals surface area contributed by atoms with Crippen molar-refractivity contribution in [3.63, 3.8) is 0 Å². The van der Waals surface area contributed by atoms with Crippen LogP contribution in [-0.4, -0.2) is 36.4 Å². The number of carbonyl (C=O) groups is 1. The molecule has 0 aliphatic carbocycles. The number of rotatable bonds is 5. The quantitative estimate of drug-likeness (QED) is 0.709. The van der Waals surface area contributed by atoms with Gasteiger partial charge >= 0.3 is 0 Å². The molecule has 0 bridgehead atoms. The average molecular weight is 215 g/mol. The standard InChI is InChI=1S/C11H21NO3/c1-3-8(2)9(13)7-12-11(14)10-5-4-6-15-10/h8-10,13H,3-7H2,1-2H3,(H,12,14). The Hall–Kier alpha value is -0.610. The topological polar surface area (TPSA) is 58.6 Å². The lowest BCUT2D eigenvalue weighted by Crippen LogP contribution is -2.40. The predicted octanol–water partition coefficient (Wildman–Crippen LogP) is 0.689. The Morgan fingerprint density at radius 3 is 2.93 bits per heavy atom. The predicted molar refractivity (Wildman–Crippen MR) is 57.4 cm³/mol. The van der Waals surface area contributed by atoms with Crippen LogP contribution in [0.3, 0.4) is 0 Å². The molecule has 1 fully saturated rings. The molecule has 15 heavy (non-hydrogen) atoms. The molecule has 1 aliphatic rings. The molecule has 1 rings (SSSR count). The zero-order valence-electron chi connectivity index (χ0n) is 9.53. The molecule has 0 saturated carbocycles. The summed E-state index contributed by atoms with van der Waals surface area (Å²) in [7, 11) is 0. The number of aliphatic hydroxyl groups is 1. The van der Waals surface area contributed by atoms with Gasteiger partial charge in [0.15, 0.2) is 0 Å². The van der Waals surface area contributed by atoms with Crippen molar-refractivity contribution in [3.05, 3.63) is 0 Å². The van der Waals surface area contributed by atoms with Crippen LogP contribution >= 0.6 is 0 Å². The number of nitrogens with one attached hydrogen (secondary N) is 1. The summed E-state index contributed by atoms with van der Waals surface area (Å²) in [5.41, 5.74) is 0. The summed E-state index contributed by atoms with van der Waals surface area (Å²) < 4.78 is 5.24. The van der Waals surface area contributed by atoms with Crippen molar-refractivity contribution in [2.24, 2.45) is 5.92 Å². The lowest BCUT2D eigenvalue weighted by atomic mass is 10.0. The highest BCUT2D eigenvalue weighted by molar-refractivity contribution is 5.80. The summed E-state index contributed by atoms with van der Waals surface area (Å²) in [6, 6.07) is 0. The van der Waals surface area contributed by atoms with E-state index in [1.165, 1.54) is 0 Å². The normalized spacial score (nSPS) is 24.9. The van der Waals surface area contributed by atoms with Gasteiger partial charge in [0.2, 0.25) is 5.91 Å². The van der Waals surface area contributed by atoms with Gasteiger partial charge in [-0.05, 0) is 18.8 Å². The molecule has 2 N–H and O–H groups in total. The minimum absolute atomic E-state index is 0.0881. The van der Waals surface area contributed by atoms with E-state index in [9.17, 15) is 9.90 Å². The fourth-order valence-electron chi connectivity index (χ4n) is 1.58. The van der Waals surface area contributed by atoms with Crippen LogP contribution in [-0.2, 0) is 9.53 Å². The van der Waals surface area contributed by atoms with Crippen LogP contribution in [0.15, 0.2) is 0 Å². The van der Waals surface area contributed by atoms with Crippen molar-refractivity contribution in [1.82, 2.24) is 5.32 Å². The fraction of sp³-hybridized carbons (Fsp3) is 0.909. The summed E-state index contributed by atoms with van der Waals surface area (Å²) in [6.07, 6.45) is 1.91. The number of ether oxygens (including phenoxy) is 1. The van der Waals surface area contributed by atoms with Gasteiger partial charge in [-0.3, -0.25) is 4.79 Å². The van der Waals surface area contributed by atoms with E-state index in [0.29, 0.717) is 13.2 Å². The first kappa shape index (κ1) is 12.5. The van der Waals surface area contributed by atoms with Gasteiger partial charge in [0.1, 0.15) is 6.10 Å². The summed E-state index contributed by atoms with van der Waals surface area (Å²) in [5.74, 6) is 0.129. The van der Waals surface area contributed by atoms with Crippen molar-refractivity contribution in [2.45, 2.75) is 45.3 Å². The molecule has 3 unspecified atom stereocenters. The van der Waals surface area contributed by atoms with E-state index in [4.69, 9.17) is 4.74 Å². The van der Waals surface area contributed by atoms with Crippen LogP contribution in [0.5, 0.6) is 0 Å². The second-order valence-electron chi connectivity index (χ2n) is 4.20. The molecular weight excluding hydrogens is 194 g/mol. The van der Waals surface area contributed by atoms with Gasteiger partial charge in [0, 0.05) is 13.2 Å². The Balaban J connectivity index is 2.21. The zero-order valence-corrected chi connectivity index (χ0v) is 9.53. The van der Waals surface area contributed by atoms with E-state index in [-0.39, 0.29) is 17.9 Å². The van der Waals surface area contributed by atoms with E-state index < -0.39 is 6.10 Å². The average Bonchev–Trinajstić information content (AvgIpc) is 2.77. The minimum atomic E-state index is -0.458. The summed E-state index contributed by atoms with van der Waals surface area (Å²) >= 11 is 0. The molecule has 1 aliphatic heterocycles. The Morgan fingerprint density at radius 2 is 2.40 bits per heavy atom. The molecule has 1 amide bonds. The number of amides is 1. The second-order valence-corrected chi connectivity index (χ2v) is 4.20. The van der Waals surface area contributed by atoms with Crippen LogP contribution in [0, 0.1) is 5.92 Å². The van der Waals surface area contributed by atoms with Gasteiger partial charge in [-0.15, -0.1) is 0 Å². The largest absolute Gasteiger partial charge is 0.391 e. The monoisotopic (exact) mass is 215 g/mol. The number of hydrogen-bond acceptors (Lipinski definition) is 3. The molecule has 1 saturated heterocycles. The maximum atomic E-state index is 11.5. The summed E-state index contributed by atoms with van der Waals surface area (Å²) in [6.45, 7) is 5.00. The maximum absolute atomic E-state index is 11.5. The lowest BCUT2D eigenvalue weighted by Gasteiger charge is -2.18. The van der Waals surface area contributed by atoms with Crippen LogP contribution in [0.25, 0.3) is 0 Å². The maximum Gasteiger partial charge on any atom is 0.249 e. The van der Waals surface area contributed by atoms with E-state index in [1.54, 1.807) is 0 Å². The highest BCUT2D eigenvalue weighted by atomic mass is 16.5. The Labute approximate surface area is 91.0 Å². The molecule has 0 spiro atoms. The van der Waals surface area contributed by atoms with Crippen molar-refractivity contribution < 1.29 is 14.6 Å². The number of aliphatic hydroxyl groups excluding tert-OH is 1. The smallest absolute Gasteiger partial charge is 0.249 e. The third-order valence-electron chi connectivity index (χ3n) is 3.01.